The van der Waals surface area contributed by atoms with Crippen molar-refractivity contribution in [1.29, 1.82) is 0 Å². The standard InChI is InChI=1S/C13H14N2O2/c1-14-12(16)9-4-2-5-10(8-9)13(17)15-11-6-3-7-11/h2,4-6,8H,3,7H2,1H3,(H,14,16)(H,15,17). The highest BCUT2D eigenvalue weighted by molar-refractivity contribution is 6.00. The minimum absolute atomic E-state index is 0.165. The normalized spacial score (nSPS) is 13.4. The van der Waals surface area contributed by atoms with Gasteiger partial charge in [-0.15, -0.1) is 0 Å². The lowest BCUT2D eigenvalue weighted by Crippen LogP contribution is -2.26. The van der Waals surface area contributed by atoms with Gasteiger partial charge in [-0.3, -0.25) is 9.59 Å². The van der Waals surface area contributed by atoms with Crippen molar-refractivity contribution >= 4 is 11.8 Å². The third-order valence-electron chi connectivity index (χ3n) is 2.69. The van der Waals surface area contributed by atoms with E-state index in [1.165, 1.54) is 0 Å². The second-order valence-electron chi connectivity index (χ2n) is 3.88. The number of nitrogens with one attached hydrogen (secondary N) is 2. The van der Waals surface area contributed by atoms with Crippen LogP contribution in [0, 0.1) is 0 Å². The van der Waals surface area contributed by atoms with Crippen LogP contribution in [0.15, 0.2) is 36.0 Å². The summed E-state index contributed by atoms with van der Waals surface area (Å²) in [6.07, 6.45) is 3.93. The fourth-order valence-corrected chi connectivity index (χ4v) is 1.57. The van der Waals surface area contributed by atoms with Gasteiger partial charge in [-0.25, -0.2) is 0 Å². The Kier molecular flexibility index (Phi) is 3.23. The number of hydrogen-bond acceptors (Lipinski definition) is 2. The van der Waals surface area contributed by atoms with Gasteiger partial charge in [0.2, 0.25) is 0 Å². The van der Waals surface area contributed by atoms with Crippen molar-refractivity contribution in [3.63, 3.8) is 0 Å². The maximum Gasteiger partial charge on any atom is 0.255 e. The van der Waals surface area contributed by atoms with Gasteiger partial charge in [0.15, 0.2) is 0 Å². The molecule has 2 amide bonds. The van der Waals surface area contributed by atoms with Crippen molar-refractivity contribution in [1.82, 2.24) is 10.6 Å². The number of allylic oxidation sites excluding steroid dienone is 2. The van der Waals surface area contributed by atoms with Crippen LogP contribution in [0.1, 0.15) is 33.6 Å². The van der Waals surface area contributed by atoms with Gasteiger partial charge in [-0.1, -0.05) is 12.1 Å². The maximum atomic E-state index is 11.8. The Morgan fingerprint density at radius 3 is 2.35 bits per heavy atom. The summed E-state index contributed by atoms with van der Waals surface area (Å²) < 4.78 is 0. The number of benzene rings is 1. The number of amides is 2. The zero-order chi connectivity index (χ0) is 12.3. The van der Waals surface area contributed by atoms with Gasteiger partial charge in [-0.05, 0) is 31.0 Å². The molecule has 2 rings (SSSR count). The molecule has 0 radical (unpaired) electrons. The van der Waals surface area contributed by atoms with Crippen LogP contribution in [0.4, 0.5) is 0 Å². The molecule has 0 saturated carbocycles. The number of carbonyl (C=O) groups is 2. The lowest BCUT2D eigenvalue weighted by Gasteiger charge is -2.15. The van der Waals surface area contributed by atoms with Gasteiger partial charge in [0, 0.05) is 23.9 Å². The predicted octanol–water partition coefficient (Wildman–Crippen LogP) is 1.45. The first kappa shape index (κ1) is 11.4. The number of rotatable bonds is 3. The number of carbonyl (C=O) groups excluding carboxylic acids is 2. The summed E-state index contributed by atoms with van der Waals surface area (Å²) in [6.45, 7) is 0. The van der Waals surface area contributed by atoms with Crippen LogP contribution in [0.3, 0.4) is 0 Å². The van der Waals surface area contributed by atoms with E-state index in [1.807, 2.05) is 6.08 Å². The van der Waals surface area contributed by atoms with E-state index in [0.29, 0.717) is 11.1 Å². The van der Waals surface area contributed by atoms with Gasteiger partial charge in [-0.2, -0.15) is 0 Å². The molecule has 1 aromatic rings. The van der Waals surface area contributed by atoms with Crippen LogP contribution in [-0.4, -0.2) is 18.9 Å². The van der Waals surface area contributed by atoms with Gasteiger partial charge in [0.05, 0.1) is 0 Å². The zero-order valence-electron chi connectivity index (χ0n) is 9.62. The summed E-state index contributed by atoms with van der Waals surface area (Å²) in [4.78, 5) is 23.3. The molecule has 0 atom stereocenters. The minimum atomic E-state index is -0.192. The van der Waals surface area contributed by atoms with Crippen molar-refractivity contribution in [2.45, 2.75) is 12.8 Å². The molecule has 4 heteroatoms. The summed E-state index contributed by atoms with van der Waals surface area (Å²) in [5.41, 5.74) is 1.95. The fourth-order valence-electron chi connectivity index (χ4n) is 1.57. The molecule has 1 aliphatic carbocycles. The van der Waals surface area contributed by atoms with Crippen molar-refractivity contribution in [3.8, 4) is 0 Å². The highest BCUT2D eigenvalue weighted by Gasteiger charge is 2.13. The first-order chi connectivity index (χ1) is 8.20. The predicted molar refractivity (Wildman–Crippen MR) is 64.6 cm³/mol. The van der Waals surface area contributed by atoms with Gasteiger partial charge in [0.25, 0.3) is 11.8 Å². The first-order valence-corrected chi connectivity index (χ1v) is 5.53. The molecular weight excluding hydrogens is 216 g/mol. The third-order valence-corrected chi connectivity index (χ3v) is 2.69. The summed E-state index contributed by atoms with van der Waals surface area (Å²) in [6, 6.07) is 6.67. The topological polar surface area (TPSA) is 58.2 Å². The fraction of sp³-hybridized carbons (Fsp3) is 0.231. The van der Waals surface area contributed by atoms with E-state index in [9.17, 15) is 9.59 Å². The molecule has 1 aromatic carbocycles. The molecule has 88 valence electrons. The Hall–Kier alpha value is -2.10. The highest BCUT2D eigenvalue weighted by atomic mass is 16.2. The maximum absolute atomic E-state index is 11.8. The molecule has 0 fully saturated rings. The van der Waals surface area contributed by atoms with E-state index in [0.717, 1.165) is 18.5 Å². The van der Waals surface area contributed by atoms with Crippen molar-refractivity contribution in [2.75, 3.05) is 7.05 Å². The van der Waals surface area contributed by atoms with E-state index in [1.54, 1.807) is 31.3 Å². The summed E-state index contributed by atoms with van der Waals surface area (Å²) in [7, 11) is 1.56. The van der Waals surface area contributed by atoms with Crippen LogP contribution in [0.5, 0.6) is 0 Å². The Morgan fingerprint density at radius 2 is 1.82 bits per heavy atom. The van der Waals surface area contributed by atoms with E-state index in [4.69, 9.17) is 0 Å². The Balaban J connectivity index is 2.14. The van der Waals surface area contributed by atoms with Crippen LogP contribution < -0.4 is 10.6 Å². The molecule has 0 aromatic heterocycles. The molecule has 4 nitrogen and oxygen atoms in total. The first-order valence-electron chi connectivity index (χ1n) is 5.53. The smallest absolute Gasteiger partial charge is 0.255 e. The average molecular weight is 230 g/mol. The lowest BCUT2D eigenvalue weighted by molar-refractivity contribution is 0.0962. The van der Waals surface area contributed by atoms with Crippen molar-refractivity contribution in [3.05, 3.63) is 47.2 Å². The van der Waals surface area contributed by atoms with E-state index in [2.05, 4.69) is 10.6 Å². The van der Waals surface area contributed by atoms with Crippen LogP contribution >= 0.6 is 0 Å². The molecule has 1 aliphatic rings. The minimum Gasteiger partial charge on any atom is -0.355 e. The average Bonchev–Trinajstić information content (AvgIpc) is 2.32. The summed E-state index contributed by atoms with van der Waals surface area (Å²) in [5.74, 6) is -0.357. The molecule has 0 saturated heterocycles. The van der Waals surface area contributed by atoms with Crippen molar-refractivity contribution in [2.24, 2.45) is 0 Å². The van der Waals surface area contributed by atoms with Gasteiger partial charge in [0.1, 0.15) is 0 Å². The van der Waals surface area contributed by atoms with Gasteiger partial charge < -0.3 is 10.6 Å². The Morgan fingerprint density at radius 1 is 1.18 bits per heavy atom. The monoisotopic (exact) mass is 230 g/mol. The SMILES string of the molecule is CNC(=O)c1cccc(C(=O)NC2=CCC2)c1. The molecule has 0 unspecified atom stereocenters. The Labute approximate surface area is 99.7 Å². The molecule has 2 N–H and O–H groups in total. The van der Waals surface area contributed by atoms with E-state index >= 15 is 0 Å². The lowest BCUT2D eigenvalue weighted by atomic mass is 10.1. The van der Waals surface area contributed by atoms with Crippen molar-refractivity contribution < 1.29 is 9.59 Å². The van der Waals surface area contributed by atoms with Crippen LogP contribution in [0.25, 0.3) is 0 Å². The third kappa shape index (κ3) is 2.53. The largest absolute Gasteiger partial charge is 0.355 e. The molecule has 17 heavy (non-hydrogen) atoms. The second kappa shape index (κ2) is 4.82. The molecule has 0 bridgehead atoms. The van der Waals surface area contributed by atoms with Crippen LogP contribution in [0.2, 0.25) is 0 Å². The summed E-state index contributed by atoms with van der Waals surface area (Å²) in [5, 5.41) is 5.34. The molecule has 0 aliphatic heterocycles. The van der Waals surface area contributed by atoms with Gasteiger partial charge >= 0.3 is 0 Å². The zero-order valence-corrected chi connectivity index (χ0v) is 9.62. The van der Waals surface area contributed by atoms with E-state index < -0.39 is 0 Å². The molecule has 0 spiro atoms. The quantitative estimate of drug-likeness (QED) is 0.825. The van der Waals surface area contributed by atoms with Crippen LogP contribution in [-0.2, 0) is 0 Å². The molecular formula is C13H14N2O2. The Bertz CT molecular complexity index is 492. The van der Waals surface area contributed by atoms with E-state index in [-0.39, 0.29) is 11.8 Å². The number of hydrogen-bond donors (Lipinski definition) is 2. The summed E-state index contributed by atoms with van der Waals surface area (Å²) >= 11 is 0. The second-order valence-corrected chi connectivity index (χ2v) is 3.88. The highest BCUT2D eigenvalue weighted by Crippen LogP contribution is 2.15. The molecule has 0 heterocycles.